The van der Waals surface area contributed by atoms with Crippen LogP contribution in [0.2, 0.25) is 0 Å². The number of rotatable bonds is 6. The summed E-state index contributed by atoms with van der Waals surface area (Å²) in [6, 6.07) is -0.476. The van der Waals surface area contributed by atoms with E-state index in [1.54, 1.807) is 20.8 Å². The van der Waals surface area contributed by atoms with Crippen LogP contribution in [-0.4, -0.2) is 30.1 Å². The minimum Gasteiger partial charge on any atom is -0.444 e. The number of nitrogens with one attached hydrogen (secondary N) is 1. The number of amides is 1. The van der Waals surface area contributed by atoms with Crippen molar-refractivity contribution in [2.75, 3.05) is 6.54 Å². The predicted molar refractivity (Wildman–Crippen MR) is 66.7 cm³/mol. The van der Waals surface area contributed by atoms with Crippen LogP contribution in [0, 0.1) is 0 Å². The number of ketones is 1. The molecule has 5 nitrogen and oxygen atoms in total. The second kappa shape index (κ2) is 7.27. The average molecular weight is 244 g/mol. The maximum Gasteiger partial charge on any atom is 0.408 e. The van der Waals surface area contributed by atoms with E-state index in [1.807, 2.05) is 0 Å². The van der Waals surface area contributed by atoms with Gasteiger partial charge in [0, 0.05) is 0 Å². The molecule has 0 aromatic carbocycles. The summed E-state index contributed by atoms with van der Waals surface area (Å²) < 4.78 is 5.10. The Bertz CT molecular complexity index is 259. The van der Waals surface area contributed by atoms with Gasteiger partial charge in [0.1, 0.15) is 5.60 Å². The summed E-state index contributed by atoms with van der Waals surface area (Å²) in [5.74, 6) is -0.0621. The van der Waals surface area contributed by atoms with Gasteiger partial charge in [-0.2, -0.15) is 0 Å². The maximum atomic E-state index is 11.5. The highest BCUT2D eigenvalue weighted by atomic mass is 16.6. The smallest absolute Gasteiger partial charge is 0.408 e. The van der Waals surface area contributed by atoms with Crippen molar-refractivity contribution in [2.45, 2.75) is 58.6 Å². The van der Waals surface area contributed by atoms with Gasteiger partial charge < -0.3 is 15.8 Å². The Morgan fingerprint density at radius 2 is 1.88 bits per heavy atom. The monoisotopic (exact) mass is 244 g/mol. The minimum atomic E-state index is -0.553. The SMILES string of the molecule is CC(=O)[C@@H](CCCCN)NC(=O)OC(C)(C)C. The predicted octanol–water partition coefficient (Wildman–Crippen LogP) is 1.60. The van der Waals surface area contributed by atoms with Crippen molar-refractivity contribution in [1.29, 1.82) is 0 Å². The van der Waals surface area contributed by atoms with Gasteiger partial charge in [-0.05, 0) is 53.5 Å². The largest absolute Gasteiger partial charge is 0.444 e. The zero-order chi connectivity index (χ0) is 13.5. The van der Waals surface area contributed by atoms with Crippen molar-refractivity contribution in [3.05, 3.63) is 0 Å². The molecule has 0 aromatic heterocycles. The van der Waals surface area contributed by atoms with E-state index in [9.17, 15) is 9.59 Å². The highest BCUT2D eigenvalue weighted by Gasteiger charge is 2.21. The van der Waals surface area contributed by atoms with Crippen molar-refractivity contribution in [3.8, 4) is 0 Å². The molecule has 0 saturated heterocycles. The van der Waals surface area contributed by atoms with E-state index < -0.39 is 17.7 Å². The van der Waals surface area contributed by atoms with Gasteiger partial charge in [-0.1, -0.05) is 0 Å². The first-order chi connectivity index (χ1) is 7.76. The molecule has 0 radical (unpaired) electrons. The van der Waals surface area contributed by atoms with E-state index in [4.69, 9.17) is 10.5 Å². The Morgan fingerprint density at radius 3 is 2.29 bits per heavy atom. The molecule has 0 bridgehead atoms. The number of carbonyl (C=O) groups excluding carboxylic acids is 2. The summed E-state index contributed by atoms with van der Waals surface area (Å²) >= 11 is 0. The minimum absolute atomic E-state index is 0.0621. The fraction of sp³-hybridized carbons (Fsp3) is 0.833. The van der Waals surface area contributed by atoms with Crippen molar-refractivity contribution in [3.63, 3.8) is 0 Å². The Labute approximate surface area is 103 Å². The molecule has 0 aliphatic rings. The number of unbranched alkanes of at least 4 members (excludes halogenated alkanes) is 1. The first kappa shape index (κ1) is 15.9. The molecular formula is C12H24N2O3. The molecular weight excluding hydrogens is 220 g/mol. The average Bonchev–Trinajstić information content (AvgIpc) is 2.13. The highest BCUT2D eigenvalue weighted by Crippen LogP contribution is 2.08. The molecule has 1 atom stereocenters. The second-order valence-corrected chi connectivity index (χ2v) is 5.09. The third kappa shape index (κ3) is 8.68. The van der Waals surface area contributed by atoms with Gasteiger partial charge >= 0.3 is 6.09 Å². The van der Waals surface area contributed by atoms with Crippen molar-refractivity contribution in [2.24, 2.45) is 5.73 Å². The third-order valence-electron chi connectivity index (χ3n) is 2.13. The quantitative estimate of drug-likeness (QED) is 0.695. The highest BCUT2D eigenvalue weighted by molar-refractivity contribution is 5.85. The van der Waals surface area contributed by atoms with Crippen LogP contribution >= 0.6 is 0 Å². The zero-order valence-corrected chi connectivity index (χ0v) is 11.2. The maximum absolute atomic E-state index is 11.5. The number of nitrogens with two attached hydrogens (primary N) is 1. The number of Topliss-reactive ketones (excluding diaryl/α,β-unsaturated/α-hetero) is 1. The van der Waals surface area contributed by atoms with Crippen molar-refractivity contribution < 1.29 is 14.3 Å². The Kier molecular flexibility index (Phi) is 6.80. The Balaban J connectivity index is 4.16. The molecule has 0 spiro atoms. The molecule has 0 aliphatic heterocycles. The van der Waals surface area contributed by atoms with Crippen LogP contribution in [-0.2, 0) is 9.53 Å². The number of alkyl carbamates (subject to hydrolysis) is 1. The standard InChI is InChI=1S/C12H24N2O3/c1-9(15)10(7-5-6-8-13)14-11(16)17-12(2,3)4/h10H,5-8,13H2,1-4H3,(H,14,16)/t10-/m1/s1. The lowest BCUT2D eigenvalue weighted by Gasteiger charge is -2.22. The van der Waals surface area contributed by atoms with Crippen LogP contribution in [0.15, 0.2) is 0 Å². The molecule has 0 saturated carbocycles. The summed E-state index contributed by atoms with van der Waals surface area (Å²) in [6.45, 7) is 7.40. The molecule has 0 fully saturated rings. The normalized spacial score (nSPS) is 13.0. The van der Waals surface area contributed by atoms with Crippen LogP contribution in [0.1, 0.15) is 47.0 Å². The fourth-order valence-corrected chi connectivity index (χ4v) is 1.32. The zero-order valence-electron chi connectivity index (χ0n) is 11.2. The molecule has 0 rings (SSSR count). The molecule has 1 amide bonds. The van der Waals surface area contributed by atoms with E-state index in [0.29, 0.717) is 13.0 Å². The molecule has 0 aliphatic carbocycles. The second-order valence-electron chi connectivity index (χ2n) is 5.09. The third-order valence-corrected chi connectivity index (χ3v) is 2.13. The Hall–Kier alpha value is -1.10. The first-order valence-corrected chi connectivity index (χ1v) is 5.96. The van der Waals surface area contributed by atoms with Crippen molar-refractivity contribution >= 4 is 11.9 Å². The topological polar surface area (TPSA) is 81.4 Å². The number of ether oxygens (including phenoxy) is 1. The van der Waals surface area contributed by atoms with E-state index in [2.05, 4.69) is 5.32 Å². The van der Waals surface area contributed by atoms with Gasteiger partial charge in [-0.15, -0.1) is 0 Å². The van der Waals surface area contributed by atoms with E-state index in [-0.39, 0.29) is 5.78 Å². The summed E-state index contributed by atoms with van der Waals surface area (Å²) in [7, 11) is 0. The molecule has 0 heterocycles. The van der Waals surface area contributed by atoms with Gasteiger partial charge in [0.05, 0.1) is 6.04 Å². The molecule has 0 unspecified atom stereocenters. The van der Waals surface area contributed by atoms with E-state index in [1.165, 1.54) is 6.92 Å². The van der Waals surface area contributed by atoms with Crippen LogP contribution in [0.5, 0.6) is 0 Å². The van der Waals surface area contributed by atoms with Gasteiger partial charge in [-0.25, -0.2) is 4.79 Å². The van der Waals surface area contributed by atoms with Crippen LogP contribution in [0.25, 0.3) is 0 Å². The fourth-order valence-electron chi connectivity index (χ4n) is 1.32. The van der Waals surface area contributed by atoms with Crippen LogP contribution < -0.4 is 11.1 Å². The lowest BCUT2D eigenvalue weighted by atomic mass is 10.1. The number of hydrogen-bond donors (Lipinski definition) is 2. The summed E-state index contributed by atoms with van der Waals surface area (Å²) in [6.07, 6.45) is 1.72. The molecule has 17 heavy (non-hydrogen) atoms. The van der Waals surface area contributed by atoms with Gasteiger partial charge in [0.15, 0.2) is 5.78 Å². The van der Waals surface area contributed by atoms with Crippen LogP contribution in [0.3, 0.4) is 0 Å². The van der Waals surface area contributed by atoms with E-state index in [0.717, 1.165) is 12.8 Å². The van der Waals surface area contributed by atoms with Gasteiger partial charge in [0.25, 0.3) is 0 Å². The van der Waals surface area contributed by atoms with E-state index >= 15 is 0 Å². The summed E-state index contributed by atoms with van der Waals surface area (Å²) in [5.41, 5.74) is 4.83. The first-order valence-electron chi connectivity index (χ1n) is 5.96. The number of carbonyl (C=O) groups is 2. The van der Waals surface area contributed by atoms with Crippen LogP contribution in [0.4, 0.5) is 4.79 Å². The molecule has 3 N–H and O–H groups in total. The van der Waals surface area contributed by atoms with Gasteiger partial charge in [0.2, 0.25) is 0 Å². The summed E-state index contributed by atoms with van der Waals surface area (Å²) in [4.78, 5) is 22.8. The number of hydrogen-bond acceptors (Lipinski definition) is 4. The molecule has 100 valence electrons. The lowest BCUT2D eigenvalue weighted by Crippen LogP contribution is -2.42. The summed E-state index contributed by atoms with van der Waals surface area (Å²) in [5, 5.41) is 2.58. The lowest BCUT2D eigenvalue weighted by molar-refractivity contribution is -0.119. The van der Waals surface area contributed by atoms with Crippen molar-refractivity contribution in [1.82, 2.24) is 5.32 Å². The van der Waals surface area contributed by atoms with Gasteiger partial charge in [-0.3, -0.25) is 4.79 Å². The molecule has 5 heteroatoms. The molecule has 0 aromatic rings. The Morgan fingerprint density at radius 1 is 1.29 bits per heavy atom.